The van der Waals surface area contributed by atoms with E-state index in [-0.39, 0.29) is 0 Å². The molecule has 0 radical (unpaired) electrons. The highest BCUT2D eigenvalue weighted by Gasteiger charge is 2.06. The van der Waals surface area contributed by atoms with Gasteiger partial charge in [0.1, 0.15) is 0 Å². The van der Waals surface area contributed by atoms with Gasteiger partial charge in [-0.3, -0.25) is 0 Å². The number of hydrogen-bond acceptors (Lipinski definition) is 5. The van der Waals surface area contributed by atoms with Gasteiger partial charge in [-0.05, 0) is 63.1 Å². The van der Waals surface area contributed by atoms with Crippen LogP contribution in [-0.4, -0.2) is 21.7 Å². The van der Waals surface area contributed by atoms with Crippen molar-refractivity contribution in [2.75, 3.05) is 17.2 Å². The summed E-state index contributed by atoms with van der Waals surface area (Å²) in [7, 11) is 0. The molecule has 0 amide bonds. The Hall–Kier alpha value is -2.43. The summed E-state index contributed by atoms with van der Waals surface area (Å²) in [4.78, 5) is 4.51. The first-order valence-corrected chi connectivity index (χ1v) is 8.66. The minimum Gasteiger partial charge on any atom is -0.353 e. The maximum absolute atomic E-state index is 4.51. The van der Waals surface area contributed by atoms with Crippen LogP contribution in [0.4, 0.5) is 17.5 Å². The summed E-state index contributed by atoms with van der Waals surface area (Å²) < 4.78 is 0. The van der Waals surface area contributed by atoms with E-state index in [9.17, 15) is 0 Å². The molecule has 1 heterocycles. The number of benzene rings is 1. The molecule has 24 heavy (non-hydrogen) atoms. The molecule has 0 aliphatic heterocycles. The fourth-order valence-electron chi connectivity index (χ4n) is 2.91. The van der Waals surface area contributed by atoms with Crippen LogP contribution in [0.1, 0.15) is 43.2 Å². The number of hydrogen-bond donors (Lipinski definition) is 2. The van der Waals surface area contributed by atoms with E-state index in [1.54, 1.807) is 11.8 Å². The van der Waals surface area contributed by atoms with E-state index in [4.69, 9.17) is 0 Å². The Kier molecular flexibility index (Phi) is 5.41. The van der Waals surface area contributed by atoms with Gasteiger partial charge in [0.2, 0.25) is 5.95 Å². The van der Waals surface area contributed by atoms with Crippen molar-refractivity contribution in [1.29, 1.82) is 0 Å². The lowest BCUT2D eigenvalue weighted by molar-refractivity contribution is 0.679. The summed E-state index contributed by atoms with van der Waals surface area (Å²) in [5, 5.41) is 14.7. The van der Waals surface area contributed by atoms with Gasteiger partial charge in [-0.2, -0.15) is 10.1 Å². The van der Waals surface area contributed by atoms with Crippen molar-refractivity contribution < 1.29 is 0 Å². The number of rotatable bonds is 6. The quantitative estimate of drug-likeness (QED) is 0.764. The number of nitrogens with zero attached hydrogens (tertiary/aromatic N) is 3. The van der Waals surface area contributed by atoms with Crippen LogP contribution in [-0.2, 0) is 0 Å². The van der Waals surface area contributed by atoms with Crippen molar-refractivity contribution in [3.05, 3.63) is 47.2 Å². The van der Waals surface area contributed by atoms with E-state index in [1.807, 2.05) is 0 Å². The zero-order chi connectivity index (χ0) is 16.8. The number of anilines is 3. The first-order chi connectivity index (χ1) is 11.7. The molecule has 0 spiro atoms. The van der Waals surface area contributed by atoms with Gasteiger partial charge in [-0.1, -0.05) is 23.8 Å². The second kappa shape index (κ2) is 7.90. The zero-order valence-corrected chi connectivity index (χ0v) is 14.5. The first kappa shape index (κ1) is 16.4. The Morgan fingerprint density at radius 2 is 2.08 bits per heavy atom. The van der Waals surface area contributed by atoms with Crippen LogP contribution in [0.2, 0.25) is 0 Å². The number of aryl methyl sites for hydroxylation is 2. The molecule has 126 valence electrons. The average molecular weight is 323 g/mol. The second-order valence-corrected chi connectivity index (χ2v) is 6.39. The molecule has 0 fully saturated rings. The Morgan fingerprint density at radius 1 is 1.17 bits per heavy atom. The number of aromatic nitrogens is 3. The molecule has 1 aliphatic rings. The monoisotopic (exact) mass is 323 g/mol. The molecule has 0 bridgehead atoms. The van der Waals surface area contributed by atoms with Gasteiger partial charge in [-0.15, -0.1) is 5.10 Å². The van der Waals surface area contributed by atoms with Gasteiger partial charge in [0.15, 0.2) is 5.82 Å². The van der Waals surface area contributed by atoms with Gasteiger partial charge in [0, 0.05) is 12.2 Å². The van der Waals surface area contributed by atoms with E-state index in [0.29, 0.717) is 11.8 Å². The van der Waals surface area contributed by atoms with Gasteiger partial charge < -0.3 is 10.6 Å². The highest BCUT2D eigenvalue weighted by molar-refractivity contribution is 5.61. The minimum absolute atomic E-state index is 0.571. The number of nitrogens with one attached hydrogen (secondary N) is 2. The first-order valence-electron chi connectivity index (χ1n) is 8.66. The molecule has 3 rings (SSSR count). The second-order valence-electron chi connectivity index (χ2n) is 6.39. The van der Waals surface area contributed by atoms with E-state index in [2.05, 4.69) is 63.9 Å². The fraction of sp³-hybridized carbons (Fsp3) is 0.421. The van der Waals surface area contributed by atoms with Crippen molar-refractivity contribution in [2.24, 2.45) is 0 Å². The maximum atomic E-state index is 4.51. The molecular formula is C19H25N5. The van der Waals surface area contributed by atoms with Crippen molar-refractivity contribution >= 4 is 17.5 Å². The third kappa shape index (κ3) is 4.54. The Labute approximate surface area is 143 Å². The zero-order valence-electron chi connectivity index (χ0n) is 14.5. The van der Waals surface area contributed by atoms with Crippen LogP contribution >= 0.6 is 0 Å². The Bertz CT molecular complexity index is 723. The molecule has 2 N–H and O–H groups in total. The van der Waals surface area contributed by atoms with E-state index in [1.165, 1.54) is 36.8 Å². The van der Waals surface area contributed by atoms with Gasteiger partial charge in [0.05, 0.1) is 6.20 Å². The standard InChI is InChI=1S/C19H25N5/c1-14-8-9-15(2)17(12-14)22-18-13-21-24-19(23-18)20-11-10-16-6-4-3-5-7-16/h6,8-9,12-13H,3-5,7,10-11H2,1-2H3,(H2,20,22,23,24). The summed E-state index contributed by atoms with van der Waals surface area (Å²) in [5.41, 5.74) is 4.99. The fourth-order valence-corrected chi connectivity index (χ4v) is 2.91. The summed E-state index contributed by atoms with van der Waals surface area (Å²) in [6, 6.07) is 6.31. The van der Waals surface area contributed by atoms with E-state index < -0.39 is 0 Å². The lowest BCUT2D eigenvalue weighted by atomic mass is 9.97. The predicted molar refractivity (Wildman–Crippen MR) is 98.7 cm³/mol. The SMILES string of the molecule is Cc1ccc(C)c(Nc2cnnc(NCCC3=CCCCC3)n2)c1. The van der Waals surface area contributed by atoms with Crippen molar-refractivity contribution in [3.63, 3.8) is 0 Å². The minimum atomic E-state index is 0.571. The maximum Gasteiger partial charge on any atom is 0.244 e. The Morgan fingerprint density at radius 3 is 2.92 bits per heavy atom. The normalized spacial score (nSPS) is 14.2. The molecular weight excluding hydrogens is 298 g/mol. The molecule has 5 nitrogen and oxygen atoms in total. The van der Waals surface area contributed by atoms with Crippen LogP contribution in [0.25, 0.3) is 0 Å². The van der Waals surface area contributed by atoms with Crippen molar-refractivity contribution in [1.82, 2.24) is 15.2 Å². The van der Waals surface area contributed by atoms with Gasteiger partial charge in [-0.25, -0.2) is 0 Å². The molecule has 1 aromatic heterocycles. The highest BCUT2D eigenvalue weighted by Crippen LogP contribution is 2.21. The van der Waals surface area contributed by atoms with E-state index >= 15 is 0 Å². The van der Waals surface area contributed by atoms with Crippen LogP contribution in [0, 0.1) is 13.8 Å². The summed E-state index contributed by atoms with van der Waals surface area (Å²) >= 11 is 0. The summed E-state index contributed by atoms with van der Waals surface area (Å²) in [5.74, 6) is 1.28. The highest BCUT2D eigenvalue weighted by atomic mass is 15.3. The smallest absolute Gasteiger partial charge is 0.244 e. The van der Waals surface area contributed by atoms with Crippen LogP contribution in [0.15, 0.2) is 36.0 Å². The summed E-state index contributed by atoms with van der Waals surface area (Å²) in [6.45, 7) is 5.00. The molecule has 0 atom stereocenters. The topological polar surface area (TPSA) is 62.7 Å². The third-order valence-electron chi connectivity index (χ3n) is 4.33. The number of allylic oxidation sites excluding steroid dienone is 1. The molecule has 0 unspecified atom stereocenters. The lowest BCUT2D eigenvalue weighted by Gasteiger charge is -2.13. The lowest BCUT2D eigenvalue weighted by Crippen LogP contribution is -2.09. The van der Waals surface area contributed by atoms with Gasteiger partial charge in [0.25, 0.3) is 0 Å². The molecule has 1 aliphatic carbocycles. The molecule has 2 aromatic rings. The van der Waals surface area contributed by atoms with Crippen LogP contribution < -0.4 is 10.6 Å². The molecule has 5 heteroatoms. The van der Waals surface area contributed by atoms with Crippen molar-refractivity contribution in [3.8, 4) is 0 Å². The Balaban J connectivity index is 1.59. The molecule has 0 saturated heterocycles. The average Bonchev–Trinajstić information content (AvgIpc) is 2.60. The molecule has 1 aromatic carbocycles. The van der Waals surface area contributed by atoms with Crippen molar-refractivity contribution in [2.45, 2.75) is 46.0 Å². The van der Waals surface area contributed by atoms with E-state index in [0.717, 1.165) is 18.7 Å². The molecule has 0 saturated carbocycles. The summed E-state index contributed by atoms with van der Waals surface area (Å²) in [6.07, 6.45) is 10.2. The van der Waals surface area contributed by atoms with Crippen LogP contribution in [0.3, 0.4) is 0 Å². The predicted octanol–water partition coefficient (Wildman–Crippen LogP) is 4.53. The van der Waals surface area contributed by atoms with Gasteiger partial charge >= 0.3 is 0 Å². The third-order valence-corrected chi connectivity index (χ3v) is 4.33. The largest absolute Gasteiger partial charge is 0.353 e. The van der Waals surface area contributed by atoms with Crippen LogP contribution in [0.5, 0.6) is 0 Å².